The molecule has 0 aromatic heterocycles. The van der Waals surface area contributed by atoms with Crippen LogP contribution in [0.2, 0.25) is 0 Å². The van der Waals surface area contributed by atoms with E-state index in [0.717, 1.165) is 34.2 Å². The molecule has 3 nitrogen and oxygen atoms in total. The van der Waals surface area contributed by atoms with Crippen molar-refractivity contribution in [3.8, 4) is 5.75 Å². The summed E-state index contributed by atoms with van der Waals surface area (Å²) in [6, 6.07) is 16.0. The van der Waals surface area contributed by atoms with Gasteiger partial charge in [-0.05, 0) is 48.2 Å². The van der Waals surface area contributed by atoms with Gasteiger partial charge in [-0.3, -0.25) is 4.79 Å². The highest BCUT2D eigenvalue weighted by Crippen LogP contribution is 2.20. The molecule has 122 valence electrons. The van der Waals surface area contributed by atoms with Gasteiger partial charge in [0.25, 0.3) is 0 Å². The molecular formula is C19H22BrNO2. The summed E-state index contributed by atoms with van der Waals surface area (Å²) in [7, 11) is 1.65. The van der Waals surface area contributed by atoms with E-state index in [9.17, 15) is 4.79 Å². The minimum Gasteiger partial charge on any atom is -0.497 e. The number of nitrogens with one attached hydrogen (secondary N) is 1. The first-order valence-corrected chi connectivity index (χ1v) is 8.59. The molecule has 0 aliphatic rings. The van der Waals surface area contributed by atoms with Gasteiger partial charge in [-0.2, -0.15) is 0 Å². The quantitative estimate of drug-likeness (QED) is 0.764. The predicted octanol–water partition coefficient (Wildman–Crippen LogP) is 4.66. The van der Waals surface area contributed by atoms with E-state index in [2.05, 4.69) is 28.2 Å². The summed E-state index contributed by atoms with van der Waals surface area (Å²) in [5.41, 5.74) is 2.27. The molecule has 2 aromatic rings. The number of benzene rings is 2. The van der Waals surface area contributed by atoms with Crippen LogP contribution in [-0.4, -0.2) is 13.0 Å². The molecule has 0 aliphatic heterocycles. The van der Waals surface area contributed by atoms with Crippen LogP contribution in [0.25, 0.3) is 0 Å². The molecule has 1 atom stereocenters. The van der Waals surface area contributed by atoms with E-state index in [1.165, 1.54) is 0 Å². The molecule has 4 heteroatoms. The average Bonchev–Trinajstić information content (AvgIpc) is 2.59. The predicted molar refractivity (Wildman–Crippen MR) is 96.6 cm³/mol. The molecular weight excluding hydrogens is 354 g/mol. The maximum atomic E-state index is 12.2. The lowest BCUT2D eigenvalue weighted by atomic mass is 10.0. The summed E-state index contributed by atoms with van der Waals surface area (Å²) >= 11 is 3.43. The van der Waals surface area contributed by atoms with Gasteiger partial charge in [-0.1, -0.05) is 47.1 Å². The molecule has 0 radical (unpaired) electrons. The Labute approximate surface area is 146 Å². The van der Waals surface area contributed by atoms with Gasteiger partial charge in [0.15, 0.2) is 0 Å². The van der Waals surface area contributed by atoms with Crippen LogP contribution in [0.4, 0.5) is 0 Å². The summed E-state index contributed by atoms with van der Waals surface area (Å²) in [6.07, 6.45) is 2.09. The van der Waals surface area contributed by atoms with Gasteiger partial charge in [0.2, 0.25) is 5.91 Å². The highest BCUT2D eigenvalue weighted by molar-refractivity contribution is 9.10. The van der Waals surface area contributed by atoms with Crippen LogP contribution in [0.5, 0.6) is 5.75 Å². The van der Waals surface area contributed by atoms with Crippen molar-refractivity contribution in [2.24, 2.45) is 0 Å². The smallest absolute Gasteiger partial charge is 0.220 e. The molecule has 0 fully saturated rings. The molecule has 2 rings (SSSR count). The molecule has 0 spiro atoms. The van der Waals surface area contributed by atoms with E-state index < -0.39 is 0 Å². The fourth-order valence-corrected chi connectivity index (χ4v) is 2.70. The maximum absolute atomic E-state index is 12.2. The van der Waals surface area contributed by atoms with Gasteiger partial charge in [0, 0.05) is 10.9 Å². The van der Waals surface area contributed by atoms with Crippen LogP contribution in [0.1, 0.15) is 36.9 Å². The van der Waals surface area contributed by atoms with E-state index in [-0.39, 0.29) is 11.9 Å². The Bertz CT molecular complexity index is 623. The Balaban J connectivity index is 1.88. The number of carbonyl (C=O) groups excluding carboxylic acids is 1. The number of amides is 1. The molecule has 1 N–H and O–H groups in total. The van der Waals surface area contributed by atoms with Crippen molar-refractivity contribution in [1.29, 1.82) is 0 Å². The number of hydrogen-bond acceptors (Lipinski definition) is 2. The minimum absolute atomic E-state index is 0.0615. The van der Waals surface area contributed by atoms with Gasteiger partial charge < -0.3 is 10.1 Å². The lowest BCUT2D eigenvalue weighted by Crippen LogP contribution is -2.28. The minimum atomic E-state index is 0.0615. The van der Waals surface area contributed by atoms with E-state index in [4.69, 9.17) is 4.74 Å². The summed E-state index contributed by atoms with van der Waals surface area (Å²) < 4.78 is 6.18. The topological polar surface area (TPSA) is 38.3 Å². The normalized spacial score (nSPS) is 11.8. The summed E-state index contributed by atoms with van der Waals surface area (Å²) in [6.45, 7) is 2.08. The molecule has 0 saturated carbocycles. The largest absolute Gasteiger partial charge is 0.497 e. The Kier molecular flexibility index (Phi) is 6.66. The lowest BCUT2D eigenvalue weighted by molar-refractivity contribution is -0.121. The highest BCUT2D eigenvalue weighted by Gasteiger charge is 2.12. The molecule has 23 heavy (non-hydrogen) atoms. The van der Waals surface area contributed by atoms with E-state index in [1.807, 2.05) is 48.5 Å². The number of ether oxygens (including phenoxy) is 1. The van der Waals surface area contributed by atoms with Gasteiger partial charge in [-0.25, -0.2) is 0 Å². The molecule has 2 aromatic carbocycles. The summed E-state index contributed by atoms with van der Waals surface area (Å²) in [5, 5.41) is 3.12. The average molecular weight is 376 g/mol. The standard InChI is InChI=1S/C19H22BrNO2/c1-3-18(15-7-9-16(20)10-8-15)21-19(22)13-6-14-4-11-17(23-2)12-5-14/h4-5,7-12,18H,3,6,13H2,1-2H3,(H,21,22). The van der Waals surface area contributed by atoms with E-state index >= 15 is 0 Å². The highest BCUT2D eigenvalue weighted by atomic mass is 79.9. The van der Waals surface area contributed by atoms with Crippen molar-refractivity contribution >= 4 is 21.8 Å². The van der Waals surface area contributed by atoms with Crippen LogP contribution in [0.3, 0.4) is 0 Å². The van der Waals surface area contributed by atoms with Crippen LogP contribution >= 0.6 is 15.9 Å². The van der Waals surface area contributed by atoms with Crippen LogP contribution < -0.4 is 10.1 Å². The van der Waals surface area contributed by atoms with Gasteiger partial charge in [-0.15, -0.1) is 0 Å². The fraction of sp³-hybridized carbons (Fsp3) is 0.316. The van der Waals surface area contributed by atoms with Crippen LogP contribution in [0, 0.1) is 0 Å². The van der Waals surface area contributed by atoms with E-state index in [1.54, 1.807) is 7.11 Å². The first-order chi connectivity index (χ1) is 11.1. The van der Waals surface area contributed by atoms with Crippen molar-refractivity contribution in [3.05, 3.63) is 64.1 Å². The van der Waals surface area contributed by atoms with Crippen molar-refractivity contribution in [3.63, 3.8) is 0 Å². The zero-order valence-corrected chi connectivity index (χ0v) is 15.1. The Morgan fingerprint density at radius 2 is 1.78 bits per heavy atom. The lowest BCUT2D eigenvalue weighted by Gasteiger charge is -2.17. The molecule has 1 amide bonds. The number of hydrogen-bond donors (Lipinski definition) is 1. The molecule has 0 heterocycles. The second-order valence-electron chi connectivity index (χ2n) is 5.43. The van der Waals surface area contributed by atoms with Crippen molar-refractivity contribution < 1.29 is 9.53 Å². The van der Waals surface area contributed by atoms with Crippen molar-refractivity contribution in [2.45, 2.75) is 32.2 Å². The Morgan fingerprint density at radius 1 is 1.13 bits per heavy atom. The van der Waals surface area contributed by atoms with Crippen LogP contribution in [-0.2, 0) is 11.2 Å². The van der Waals surface area contributed by atoms with Crippen molar-refractivity contribution in [1.82, 2.24) is 5.32 Å². The second kappa shape index (κ2) is 8.73. The fourth-order valence-electron chi connectivity index (χ4n) is 2.43. The summed E-state index contributed by atoms with van der Waals surface area (Å²) in [4.78, 5) is 12.2. The van der Waals surface area contributed by atoms with Gasteiger partial charge in [0.1, 0.15) is 5.75 Å². The zero-order valence-electron chi connectivity index (χ0n) is 13.5. The molecule has 0 saturated heterocycles. The zero-order chi connectivity index (χ0) is 16.7. The number of aryl methyl sites for hydroxylation is 1. The third-order valence-electron chi connectivity index (χ3n) is 3.82. The van der Waals surface area contributed by atoms with Crippen LogP contribution in [0.15, 0.2) is 53.0 Å². The molecule has 0 aliphatic carbocycles. The Hall–Kier alpha value is -1.81. The Morgan fingerprint density at radius 3 is 2.35 bits per heavy atom. The number of halogens is 1. The maximum Gasteiger partial charge on any atom is 0.220 e. The van der Waals surface area contributed by atoms with Gasteiger partial charge >= 0.3 is 0 Å². The number of rotatable bonds is 7. The number of carbonyl (C=O) groups is 1. The summed E-state index contributed by atoms with van der Waals surface area (Å²) in [5.74, 6) is 0.912. The molecule has 0 bridgehead atoms. The first-order valence-electron chi connectivity index (χ1n) is 7.80. The second-order valence-corrected chi connectivity index (χ2v) is 6.34. The molecule has 1 unspecified atom stereocenters. The number of methoxy groups -OCH3 is 1. The monoisotopic (exact) mass is 375 g/mol. The van der Waals surface area contributed by atoms with Crippen molar-refractivity contribution in [2.75, 3.05) is 7.11 Å². The third kappa shape index (κ3) is 5.39. The van der Waals surface area contributed by atoms with Gasteiger partial charge in [0.05, 0.1) is 13.2 Å². The first kappa shape index (κ1) is 17.5. The third-order valence-corrected chi connectivity index (χ3v) is 4.34. The van der Waals surface area contributed by atoms with E-state index in [0.29, 0.717) is 6.42 Å². The SMILES string of the molecule is CCC(NC(=O)CCc1ccc(OC)cc1)c1ccc(Br)cc1.